The number of nitriles is 1. The third-order valence-corrected chi connectivity index (χ3v) is 3.16. The van der Waals surface area contributed by atoms with Gasteiger partial charge in [0.05, 0.1) is 12.2 Å². The molecule has 1 fully saturated rings. The Bertz CT molecular complexity index is 290. The van der Waals surface area contributed by atoms with Crippen molar-refractivity contribution in [2.24, 2.45) is 5.41 Å². The average Bonchev–Trinajstić information content (AvgIpc) is 2.22. The number of carbonyl (C=O) groups is 1. The van der Waals surface area contributed by atoms with Crippen LogP contribution in [0.1, 0.15) is 46.0 Å². The smallest absolute Gasteiger partial charge is 0.240 e. The number of amides is 1. The number of unbranched alkanes of at least 4 members (excludes halogenated alkanes) is 1. The fraction of sp³-hybridized carbons (Fsp3) is 0.846. The largest absolute Gasteiger partial charge is 0.379 e. The van der Waals surface area contributed by atoms with Crippen LogP contribution in [0.3, 0.4) is 0 Å². The molecule has 0 aliphatic heterocycles. The Morgan fingerprint density at radius 1 is 1.47 bits per heavy atom. The Labute approximate surface area is 103 Å². The summed E-state index contributed by atoms with van der Waals surface area (Å²) in [7, 11) is 0. The fourth-order valence-electron chi connectivity index (χ4n) is 1.84. The molecule has 0 heterocycles. The number of nitrogens with one attached hydrogen (secondary N) is 1. The number of hydrogen-bond donors (Lipinski definition) is 1. The van der Waals surface area contributed by atoms with Crippen LogP contribution < -0.4 is 5.32 Å². The van der Waals surface area contributed by atoms with Gasteiger partial charge in [0.15, 0.2) is 0 Å². The van der Waals surface area contributed by atoms with Crippen molar-refractivity contribution in [1.82, 2.24) is 5.32 Å². The van der Waals surface area contributed by atoms with Crippen molar-refractivity contribution in [3.8, 4) is 6.07 Å². The predicted molar refractivity (Wildman–Crippen MR) is 65.2 cm³/mol. The second-order valence-electron chi connectivity index (χ2n) is 4.93. The Kier molecular flexibility index (Phi) is 5.43. The van der Waals surface area contributed by atoms with Crippen LogP contribution in [0.2, 0.25) is 0 Å². The first kappa shape index (κ1) is 14.0. The van der Waals surface area contributed by atoms with E-state index in [0.29, 0.717) is 19.4 Å². The van der Waals surface area contributed by atoms with Gasteiger partial charge in [-0.1, -0.05) is 0 Å². The van der Waals surface area contributed by atoms with Crippen LogP contribution >= 0.6 is 0 Å². The highest BCUT2D eigenvalue weighted by atomic mass is 16.5. The molecule has 4 nitrogen and oxygen atoms in total. The number of nitrogens with zero attached hydrogens (tertiary/aromatic N) is 1. The van der Waals surface area contributed by atoms with Crippen molar-refractivity contribution < 1.29 is 9.53 Å². The number of ether oxygens (including phenoxy) is 1. The molecule has 1 aliphatic rings. The molecule has 1 N–H and O–H groups in total. The topological polar surface area (TPSA) is 62.1 Å². The van der Waals surface area contributed by atoms with Crippen LogP contribution in [0.4, 0.5) is 0 Å². The van der Waals surface area contributed by atoms with Gasteiger partial charge in [0.2, 0.25) is 5.91 Å². The van der Waals surface area contributed by atoms with E-state index in [0.717, 1.165) is 25.9 Å². The van der Waals surface area contributed by atoms with Gasteiger partial charge in [-0.05, 0) is 46.0 Å². The lowest BCUT2D eigenvalue weighted by atomic mass is 9.69. The molecular weight excluding hydrogens is 216 g/mol. The molecule has 0 atom stereocenters. The number of carbonyl (C=O) groups excluding carboxylic acids is 1. The standard InChI is InChI=1S/C13H22N2O2/c1-11(2)17-9-4-3-8-15-12(16)13(10-14)6-5-7-13/h11H,3-9H2,1-2H3,(H,15,16). The van der Waals surface area contributed by atoms with Crippen molar-refractivity contribution in [3.63, 3.8) is 0 Å². The lowest BCUT2D eigenvalue weighted by Crippen LogP contribution is -2.44. The minimum absolute atomic E-state index is 0.0870. The molecular formula is C13H22N2O2. The second-order valence-corrected chi connectivity index (χ2v) is 4.93. The summed E-state index contributed by atoms with van der Waals surface area (Å²) in [6.07, 6.45) is 4.53. The van der Waals surface area contributed by atoms with Crippen molar-refractivity contribution in [3.05, 3.63) is 0 Å². The molecule has 0 bridgehead atoms. The molecule has 0 aromatic rings. The van der Waals surface area contributed by atoms with Gasteiger partial charge < -0.3 is 10.1 Å². The van der Waals surface area contributed by atoms with E-state index in [1.165, 1.54) is 0 Å². The second kappa shape index (κ2) is 6.61. The molecule has 0 saturated heterocycles. The summed E-state index contributed by atoms with van der Waals surface area (Å²) in [5.74, 6) is -0.0870. The van der Waals surface area contributed by atoms with E-state index in [1.807, 2.05) is 13.8 Å². The van der Waals surface area contributed by atoms with E-state index in [-0.39, 0.29) is 12.0 Å². The Hall–Kier alpha value is -1.08. The molecule has 0 aromatic carbocycles. The first-order chi connectivity index (χ1) is 8.10. The lowest BCUT2D eigenvalue weighted by Gasteiger charge is -2.33. The van der Waals surface area contributed by atoms with Gasteiger partial charge in [0, 0.05) is 13.2 Å². The molecule has 1 amide bonds. The van der Waals surface area contributed by atoms with E-state index < -0.39 is 5.41 Å². The minimum Gasteiger partial charge on any atom is -0.379 e. The maximum atomic E-state index is 11.8. The summed E-state index contributed by atoms with van der Waals surface area (Å²) in [4.78, 5) is 11.8. The zero-order valence-corrected chi connectivity index (χ0v) is 10.8. The highest BCUT2D eigenvalue weighted by Crippen LogP contribution is 2.40. The minimum atomic E-state index is -0.714. The molecule has 1 aliphatic carbocycles. The summed E-state index contributed by atoms with van der Waals surface area (Å²) < 4.78 is 5.40. The maximum Gasteiger partial charge on any atom is 0.240 e. The number of hydrogen-bond acceptors (Lipinski definition) is 3. The van der Waals surface area contributed by atoms with Crippen LogP contribution in [0.25, 0.3) is 0 Å². The van der Waals surface area contributed by atoms with Gasteiger partial charge in [0.1, 0.15) is 5.41 Å². The number of rotatable bonds is 7. The fourth-order valence-corrected chi connectivity index (χ4v) is 1.84. The van der Waals surface area contributed by atoms with Gasteiger partial charge in [-0.15, -0.1) is 0 Å². The molecule has 1 saturated carbocycles. The van der Waals surface area contributed by atoms with Gasteiger partial charge in [-0.3, -0.25) is 4.79 Å². The molecule has 4 heteroatoms. The van der Waals surface area contributed by atoms with Gasteiger partial charge in [0.25, 0.3) is 0 Å². The quantitative estimate of drug-likeness (QED) is 0.690. The summed E-state index contributed by atoms with van der Waals surface area (Å²) in [6, 6.07) is 2.14. The molecule has 0 aromatic heterocycles. The van der Waals surface area contributed by atoms with Gasteiger partial charge in [-0.25, -0.2) is 0 Å². The summed E-state index contributed by atoms with van der Waals surface area (Å²) >= 11 is 0. The SMILES string of the molecule is CC(C)OCCCCNC(=O)C1(C#N)CCC1. The van der Waals surface area contributed by atoms with E-state index in [2.05, 4.69) is 11.4 Å². The third kappa shape index (κ3) is 4.01. The Morgan fingerprint density at radius 2 is 2.18 bits per heavy atom. The van der Waals surface area contributed by atoms with E-state index in [1.54, 1.807) is 0 Å². The predicted octanol–water partition coefficient (Wildman–Crippen LogP) is 2.00. The van der Waals surface area contributed by atoms with Crippen LogP contribution in [0.5, 0.6) is 0 Å². The van der Waals surface area contributed by atoms with Gasteiger partial charge in [-0.2, -0.15) is 5.26 Å². The van der Waals surface area contributed by atoms with Gasteiger partial charge >= 0.3 is 0 Å². The Morgan fingerprint density at radius 3 is 2.65 bits per heavy atom. The van der Waals surface area contributed by atoms with Crippen LogP contribution in [0, 0.1) is 16.7 Å². The van der Waals surface area contributed by atoms with Crippen molar-refractivity contribution in [2.45, 2.75) is 52.1 Å². The summed E-state index contributed by atoms with van der Waals surface area (Å²) in [6.45, 7) is 5.39. The van der Waals surface area contributed by atoms with E-state index in [9.17, 15) is 4.79 Å². The first-order valence-corrected chi connectivity index (χ1v) is 6.42. The maximum absolute atomic E-state index is 11.8. The van der Waals surface area contributed by atoms with E-state index in [4.69, 9.17) is 10.00 Å². The highest BCUT2D eigenvalue weighted by molar-refractivity contribution is 5.86. The van der Waals surface area contributed by atoms with Crippen LogP contribution in [-0.2, 0) is 9.53 Å². The molecule has 0 radical (unpaired) electrons. The summed E-state index contributed by atoms with van der Waals surface area (Å²) in [5, 5.41) is 11.8. The molecule has 96 valence electrons. The first-order valence-electron chi connectivity index (χ1n) is 6.42. The highest BCUT2D eigenvalue weighted by Gasteiger charge is 2.44. The normalized spacial score (nSPS) is 17.3. The summed E-state index contributed by atoms with van der Waals surface area (Å²) in [5.41, 5.74) is -0.714. The monoisotopic (exact) mass is 238 g/mol. The zero-order chi connectivity index (χ0) is 12.7. The average molecular weight is 238 g/mol. The Balaban J connectivity index is 2.07. The molecule has 0 unspecified atom stereocenters. The lowest BCUT2D eigenvalue weighted by molar-refractivity contribution is -0.131. The molecule has 17 heavy (non-hydrogen) atoms. The molecule has 1 rings (SSSR count). The van der Waals surface area contributed by atoms with E-state index >= 15 is 0 Å². The van der Waals surface area contributed by atoms with Crippen LogP contribution in [0.15, 0.2) is 0 Å². The zero-order valence-electron chi connectivity index (χ0n) is 10.8. The third-order valence-electron chi connectivity index (χ3n) is 3.16. The van der Waals surface area contributed by atoms with Crippen molar-refractivity contribution in [1.29, 1.82) is 5.26 Å². The van der Waals surface area contributed by atoms with Crippen molar-refractivity contribution in [2.75, 3.05) is 13.2 Å². The van der Waals surface area contributed by atoms with Crippen molar-refractivity contribution >= 4 is 5.91 Å². The van der Waals surface area contributed by atoms with Crippen LogP contribution in [-0.4, -0.2) is 25.2 Å². The molecule has 0 spiro atoms.